The summed E-state index contributed by atoms with van der Waals surface area (Å²) in [5.41, 5.74) is 4.89. The minimum atomic E-state index is -0.491. The lowest BCUT2D eigenvalue weighted by atomic mass is 9.84. The number of rotatable bonds is 4. The number of hydrogen-bond acceptors (Lipinski definition) is 3. The van der Waals surface area contributed by atoms with Crippen molar-refractivity contribution in [3.8, 4) is 6.07 Å². The van der Waals surface area contributed by atoms with Gasteiger partial charge in [-0.3, -0.25) is 0 Å². The van der Waals surface area contributed by atoms with E-state index in [4.69, 9.17) is 16.1 Å². The van der Waals surface area contributed by atoms with Crippen LogP contribution < -0.4 is 5.73 Å². The van der Waals surface area contributed by atoms with E-state index in [9.17, 15) is 0 Å². The molecule has 0 saturated heterocycles. The van der Waals surface area contributed by atoms with Crippen LogP contribution >= 0.6 is 0 Å². The van der Waals surface area contributed by atoms with Gasteiger partial charge in [0.05, 0.1) is 11.5 Å². The molecule has 3 heteroatoms. The lowest BCUT2D eigenvalue weighted by Gasteiger charge is -2.20. The number of nitrogens with zero attached hydrogens (tertiary/aromatic N) is 1. The average Bonchev–Trinajstić information content (AvgIpc) is 2.01. The Morgan fingerprint density at radius 1 is 1.70 bits per heavy atom. The second kappa shape index (κ2) is 4.26. The summed E-state index contributed by atoms with van der Waals surface area (Å²) in [7, 11) is 0. The van der Waals surface area contributed by atoms with E-state index in [0.717, 1.165) is 0 Å². The molecule has 58 valence electrons. The number of hydrogen-bond donors (Lipinski definition) is 2. The van der Waals surface area contributed by atoms with Gasteiger partial charge in [-0.05, 0) is 12.8 Å². The summed E-state index contributed by atoms with van der Waals surface area (Å²) in [6.45, 7) is 2.28. The van der Waals surface area contributed by atoms with Gasteiger partial charge in [-0.15, -0.1) is 0 Å². The van der Waals surface area contributed by atoms with Crippen molar-refractivity contribution < 1.29 is 5.11 Å². The molecule has 1 unspecified atom stereocenters. The summed E-state index contributed by atoms with van der Waals surface area (Å²) in [4.78, 5) is 0. The molecule has 0 amide bonds. The summed E-state index contributed by atoms with van der Waals surface area (Å²) >= 11 is 0. The zero-order chi connectivity index (χ0) is 8.04. The van der Waals surface area contributed by atoms with E-state index in [2.05, 4.69) is 6.07 Å². The van der Waals surface area contributed by atoms with Crippen LogP contribution in [0.15, 0.2) is 0 Å². The summed E-state index contributed by atoms with van der Waals surface area (Å²) < 4.78 is 0. The van der Waals surface area contributed by atoms with Crippen molar-refractivity contribution in [3.05, 3.63) is 0 Å². The molecular weight excluding hydrogens is 128 g/mol. The van der Waals surface area contributed by atoms with E-state index in [1.165, 1.54) is 0 Å². The van der Waals surface area contributed by atoms with Crippen molar-refractivity contribution in [3.63, 3.8) is 0 Å². The fraction of sp³-hybridized carbons (Fsp3) is 0.857. The predicted octanol–water partition coefficient (Wildman–Crippen LogP) is 0.247. The lowest BCUT2D eigenvalue weighted by Crippen LogP contribution is -2.29. The van der Waals surface area contributed by atoms with Gasteiger partial charge in [-0.2, -0.15) is 5.26 Å². The van der Waals surface area contributed by atoms with Crippen LogP contribution in [0.2, 0.25) is 0 Å². The molecule has 0 rings (SSSR count). The second-order valence-corrected chi connectivity index (χ2v) is 2.42. The molecule has 0 heterocycles. The Morgan fingerprint density at radius 3 is 2.40 bits per heavy atom. The summed E-state index contributed by atoms with van der Waals surface area (Å²) in [5, 5.41) is 17.3. The first kappa shape index (κ1) is 9.41. The van der Waals surface area contributed by atoms with E-state index in [0.29, 0.717) is 19.4 Å². The third-order valence-electron chi connectivity index (χ3n) is 1.90. The highest BCUT2D eigenvalue weighted by molar-refractivity contribution is 4.98. The van der Waals surface area contributed by atoms with Gasteiger partial charge >= 0.3 is 0 Å². The van der Waals surface area contributed by atoms with Gasteiger partial charge in [0, 0.05) is 13.2 Å². The Labute approximate surface area is 61.5 Å². The van der Waals surface area contributed by atoms with Crippen molar-refractivity contribution in [2.45, 2.75) is 19.8 Å². The molecule has 10 heavy (non-hydrogen) atoms. The van der Waals surface area contributed by atoms with E-state index in [1.807, 2.05) is 6.92 Å². The van der Waals surface area contributed by atoms with E-state index >= 15 is 0 Å². The number of aliphatic hydroxyl groups is 1. The van der Waals surface area contributed by atoms with Gasteiger partial charge in [0.1, 0.15) is 0 Å². The van der Waals surface area contributed by atoms with Crippen molar-refractivity contribution in [2.24, 2.45) is 11.1 Å². The van der Waals surface area contributed by atoms with Gasteiger partial charge < -0.3 is 10.8 Å². The average molecular weight is 142 g/mol. The standard InChI is InChI=1S/C7H14N2O/c1-2-7(5-8,6-9)3-4-10/h10H,2-5,8H2,1H3. The van der Waals surface area contributed by atoms with Crippen LogP contribution in [0.4, 0.5) is 0 Å². The molecule has 0 aromatic rings. The maximum atomic E-state index is 8.67. The first-order valence-electron chi connectivity index (χ1n) is 3.47. The van der Waals surface area contributed by atoms with Gasteiger partial charge in [0.2, 0.25) is 0 Å². The summed E-state index contributed by atoms with van der Waals surface area (Å²) in [5.74, 6) is 0. The van der Waals surface area contributed by atoms with E-state index < -0.39 is 5.41 Å². The molecule has 0 aliphatic heterocycles. The summed E-state index contributed by atoms with van der Waals surface area (Å²) in [6, 6.07) is 2.13. The van der Waals surface area contributed by atoms with Crippen LogP contribution in [0.25, 0.3) is 0 Å². The Morgan fingerprint density at radius 2 is 2.30 bits per heavy atom. The SMILES string of the molecule is CCC(C#N)(CN)CCO. The monoisotopic (exact) mass is 142 g/mol. The first-order valence-corrected chi connectivity index (χ1v) is 3.47. The number of aliphatic hydroxyl groups excluding tert-OH is 1. The van der Waals surface area contributed by atoms with Crippen molar-refractivity contribution in [1.82, 2.24) is 0 Å². The van der Waals surface area contributed by atoms with Crippen LogP contribution in [0.5, 0.6) is 0 Å². The van der Waals surface area contributed by atoms with Crippen molar-refractivity contribution in [2.75, 3.05) is 13.2 Å². The molecule has 0 aliphatic carbocycles. The van der Waals surface area contributed by atoms with Crippen LogP contribution in [-0.2, 0) is 0 Å². The minimum absolute atomic E-state index is 0.0403. The smallest absolute Gasteiger partial charge is 0.0715 e. The van der Waals surface area contributed by atoms with E-state index in [-0.39, 0.29) is 6.61 Å². The molecule has 0 fully saturated rings. The molecule has 0 radical (unpaired) electrons. The van der Waals surface area contributed by atoms with Gasteiger partial charge in [0.25, 0.3) is 0 Å². The Bertz CT molecular complexity index is 124. The third-order valence-corrected chi connectivity index (χ3v) is 1.90. The predicted molar refractivity (Wildman–Crippen MR) is 39.1 cm³/mol. The van der Waals surface area contributed by atoms with Gasteiger partial charge in [-0.1, -0.05) is 6.92 Å². The van der Waals surface area contributed by atoms with Crippen LogP contribution in [0, 0.1) is 16.7 Å². The zero-order valence-electron chi connectivity index (χ0n) is 6.30. The Balaban J connectivity index is 4.05. The molecule has 1 atom stereocenters. The fourth-order valence-corrected chi connectivity index (χ4v) is 0.818. The maximum Gasteiger partial charge on any atom is 0.0715 e. The van der Waals surface area contributed by atoms with Crippen molar-refractivity contribution >= 4 is 0 Å². The van der Waals surface area contributed by atoms with Gasteiger partial charge in [0.15, 0.2) is 0 Å². The van der Waals surface area contributed by atoms with E-state index in [1.54, 1.807) is 0 Å². The van der Waals surface area contributed by atoms with Gasteiger partial charge in [-0.25, -0.2) is 0 Å². The first-order chi connectivity index (χ1) is 4.74. The number of nitrogens with two attached hydrogens (primary N) is 1. The molecule has 0 aliphatic rings. The third kappa shape index (κ3) is 1.98. The fourth-order valence-electron chi connectivity index (χ4n) is 0.818. The highest BCUT2D eigenvalue weighted by atomic mass is 16.3. The van der Waals surface area contributed by atoms with Crippen LogP contribution in [-0.4, -0.2) is 18.3 Å². The number of nitriles is 1. The molecular formula is C7H14N2O. The zero-order valence-corrected chi connectivity index (χ0v) is 6.30. The lowest BCUT2D eigenvalue weighted by molar-refractivity contribution is 0.223. The highest BCUT2D eigenvalue weighted by Gasteiger charge is 2.24. The largest absolute Gasteiger partial charge is 0.396 e. The maximum absolute atomic E-state index is 8.67. The Hall–Kier alpha value is -0.590. The highest BCUT2D eigenvalue weighted by Crippen LogP contribution is 2.22. The molecule has 0 aromatic heterocycles. The molecule has 0 aromatic carbocycles. The van der Waals surface area contributed by atoms with Crippen LogP contribution in [0.3, 0.4) is 0 Å². The molecule has 0 spiro atoms. The molecule has 3 nitrogen and oxygen atoms in total. The second-order valence-electron chi connectivity index (χ2n) is 2.42. The molecule has 3 N–H and O–H groups in total. The van der Waals surface area contributed by atoms with Crippen molar-refractivity contribution in [1.29, 1.82) is 5.26 Å². The minimum Gasteiger partial charge on any atom is -0.396 e. The summed E-state index contributed by atoms with van der Waals surface area (Å²) in [6.07, 6.45) is 1.19. The van der Waals surface area contributed by atoms with Crippen LogP contribution in [0.1, 0.15) is 19.8 Å². The molecule has 0 saturated carbocycles. The topological polar surface area (TPSA) is 70.0 Å². The molecule has 0 bridgehead atoms. The normalized spacial score (nSPS) is 15.8. The Kier molecular flexibility index (Phi) is 4.01. The quantitative estimate of drug-likeness (QED) is 0.591.